The lowest BCUT2D eigenvalue weighted by molar-refractivity contribution is -0.142. The second-order valence-electron chi connectivity index (χ2n) is 15.2. The molecule has 50 heavy (non-hydrogen) atoms. The molecule has 1 aromatic rings. The van der Waals surface area contributed by atoms with E-state index in [0.29, 0.717) is 38.8 Å². The van der Waals surface area contributed by atoms with Gasteiger partial charge >= 0.3 is 6.09 Å². The number of alkyl carbamates (subject to hydrolysis) is 1. The van der Waals surface area contributed by atoms with Gasteiger partial charge in [-0.15, -0.1) is 0 Å². The Morgan fingerprint density at radius 1 is 0.980 bits per heavy atom. The van der Waals surface area contributed by atoms with Crippen LogP contribution in [0.4, 0.5) is 4.79 Å². The van der Waals surface area contributed by atoms with Crippen molar-refractivity contribution in [2.75, 3.05) is 6.54 Å². The first-order valence-electron chi connectivity index (χ1n) is 18.3. The minimum atomic E-state index is -1.04. The third kappa shape index (κ3) is 14.3. The highest BCUT2D eigenvalue weighted by Gasteiger charge is 2.35. The second-order valence-corrected chi connectivity index (χ2v) is 15.2. The van der Waals surface area contributed by atoms with E-state index in [1.165, 1.54) is 4.90 Å². The summed E-state index contributed by atoms with van der Waals surface area (Å²) >= 11 is 0. The van der Waals surface area contributed by atoms with Crippen molar-refractivity contribution in [3.05, 3.63) is 35.9 Å². The van der Waals surface area contributed by atoms with E-state index < -0.39 is 59.7 Å². The maximum absolute atomic E-state index is 13.8. The third-order valence-electron chi connectivity index (χ3n) is 9.28. The van der Waals surface area contributed by atoms with Gasteiger partial charge in [0.2, 0.25) is 23.6 Å². The number of nitrogens with zero attached hydrogens (tertiary/aromatic N) is 1. The molecule has 5 N–H and O–H groups in total. The third-order valence-corrected chi connectivity index (χ3v) is 9.28. The number of carbonyl (C=O) groups excluding carboxylic acids is 5. The molecule has 0 bridgehead atoms. The smallest absolute Gasteiger partial charge is 0.408 e. The number of ether oxygens (including phenoxy) is 1. The summed E-state index contributed by atoms with van der Waals surface area (Å²) in [6, 6.07) is 6.38. The number of hydrogen-bond acceptors (Lipinski definition) is 7. The Hall–Kier alpha value is -3.67. The van der Waals surface area contributed by atoms with E-state index in [0.717, 1.165) is 18.4 Å². The lowest BCUT2D eigenvalue weighted by atomic mass is 9.86. The van der Waals surface area contributed by atoms with Crippen LogP contribution in [-0.2, 0) is 30.5 Å². The lowest BCUT2D eigenvalue weighted by Gasteiger charge is -2.35. The zero-order valence-corrected chi connectivity index (χ0v) is 31.7. The molecule has 12 nitrogen and oxygen atoms in total. The van der Waals surface area contributed by atoms with Gasteiger partial charge in [-0.25, -0.2) is 4.79 Å². The fourth-order valence-electron chi connectivity index (χ4n) is 6.04. The average molecular weight is 702 g/mol. The number of carbonyl (C=O) groups is 5. The number of amides is 5. The van der Waals surface area contributed by atoms with Gasteiger partial charge in [-0.2, -0.15) is 0 Å². The molecule has 7 atom stereocenters. The van der Waals surface area contributed by atoms with Gasteiger partial charge in [0.15, 0.2) is 0 Å². The number of benzene rings is 1. The molecule has 1 saturated heterocycles. The Morgan fingerprint density at radius 3 is 2.24 bits per heavy atom. The highest BCUT2D eigenvalue weighted by Crippen LogP contribution is 2.24. The zero-order chi connectivity index (χ0) is 37.6. The number of aliphatic hydroxyl groups is 1. The van der Waals surface area contributed by atoms with Gasteiger partial charge in [0, 0.05) is 19.0 Å². The summed E-state index contributed by atoms with van der Waals surface area (Å²) in [6.45, 7) is 16.9. The molecule has 12 heteroatoms. The number of nitrogens with one attached hydrogen (secondary N) is 4. The van der Waals surface area contributed by atoms with Crippen LogP contribution in [0.1, 0.15) is 113 Å². The van der Waals surface area contributed by atoms with Gasteiger partial charge < -0.3 is 36.0 Å². The van der Waals surface area contributed by atoms with E-state index in [9.17, 15) is 29.1 Å². The first kappa shape index (κ1) is 42.5. The molecule has 0 aliphatic carbocycles. The largest absolute Gasteiger partial charge is 0.444 e. The van der Waals surface area contributed by atoms with Crippen molar-refractivity contribution in [2.24, 2.45) is 17.8 Å². The van der Waals surface area contributed by atoms with Crippen LogP contribution in [0.25, 0.3) is 0 Å². The molecule has 0 spiro atoms. The molecule has 1 aliphatic heterocycles. The van der Waals surface area contributed by atoms with E-state index in [1.807, 2.05) is 51.1 Å². The quantitative estimate of drug-likeness (QED) is 0.191. The van der Waals surface area contributed by atoms with Crippen LogP contribution in [0.15, 0.2) is 30.3 Å². The fraction of sp³-hybridized carbons (Fsp3) is 0.711. The molecule has 0 saturated carbocycles. The molecule has 2 rings (SSSR count). The molecular formula is C38H63N5O7. The van der Waals surface area contributed by atoms with Gasteiger partial charge in [0.1, 0.15) is 23.7 Å². The van der Waals surface area contributed by atoms with E-state index in [2.05, 4.69) is 28.2 Å². The van der Waals surface area contributed by atoms with Crippen LogP contribution < -0.4 is 21.3 Å². The first-order valence-corrected chi connectivity index (χ1v) is 18.3. The van der Waals surface area contributed by atoms with Crippen LogP contribution in [0.3, 0.4) is 0 Å². The molecule has 0 radical (unpaired) electrons. The lowest BCUT2D eigenvalue weighted by Crippen LogP contribution is -2.57. The van der Waals surface area contributed by atoms with Crippen molar-refractivity contribution >= 4 is 29.7 Å². The molecular weight excluding hydrogens is 638 g/mol. The Labute approximate surface area is 299 Å². The minimum Gasteiger partial charge on any atom is -0.444 e. The SMILES string of the molecule is CCC(C)C[C@H](C[C@H](O)[C@@H]1CCCCCN(C(=O)[C@H](C)NC(=O)OC(C)(C)C)[C@@H](C)C(=O)N1)C(=O)N[C@H](C(=O)NCc1ccccc1)C(C)C. The predicted octanol–water partition coefficient (Wildman–Crippen LogP) is 4.44. The predicted molar refractivity (Wildman–Crippen MR) is 194 cm³/mol. The van der Waals surface area contributed by atoms with E-state index >= 15 is 0 Å². The van der Waals surface area contributed by atoms with Crippen molar-refractivity contribution in [3.63, 3.8) is 0 Å². The normalized spacial score (nSPS) is 20.4. The summed E-state index contributed by atoms with van der Waals surface area (Å²) in [5.41, 5.74) is 0.225. The molecule has 1 heterocycles. The fourth-order valence-corrected chi connectivity index (χ4v) is 6.04. The minimum absolute atomic E-state index is 0.103. The van der Waals surface area contributed by atoms with Crippen LogP contribution in [0, 0.1) is 17.8 Å². The van der Waals surface area contributed by atoms with Crippen LogP contribution in [-0.4, -0.2) is 82.1 Å². The second kappa shape index (κ2) is 20.2. The number of rotatable bonds is 14. The highest BCUT2D eigenvalue weighted by atomic mass is 16.6. The van der Waals surface area contributed by atoms with Gasteiger partial charge in [0.25, 0.3) is 0 Å². The van der Waals surface area contributed by atoms with E-state index in [1.54, 1.807) is 34.6 Å². The molecule has 1 aromatic carbocycles. The molecule has 282 valence electrons. The standard InChI is InChI=1S/C38H63N5O7/c1-10-25(4)21-29(34(46)42-32(24(2)3)35(47)39-23-28-17-13-11-14-18-28)22-31(44)30-19-15-12-16-20-43(27(6)33(45)41-30)36(48)26(5)40-37(49)50-38(7,8)9/h11,13-14,17-18,24-27,29-32,44H,10,12,15-16,19-23H2,1-9H3,(H,39,47)(H,40,49)(H,41,45)(H,42,46)/t25?,26-,27-,29+,30-,31-,32-/m0/s1. The van der Waals surface area contributed by atoms with Crippen LogP contribution in [0.2, 0.25) is 0 Å². The van der Waals surface area contributed by atoms with Crippen molar-refractivity contribution in [1.82, 2.24) is 26.2 Å². The van der Waals surface area contributed by atoms with Crippen LogP contribution >= 0.6 is 0 Å². The summed E-state index contributed by atoms with van der Waals surface area (Å²) in [5.74, 6) is -1.98. The van der Waals surface area contributed by atoms with Crippen molar-refractivity contribution in [1.29, 1.82) is 0 Å². The monoisotopic (exact) mass is 701 g/mol. The maximum Gasteiger partial charge on any atom is 0.408 e. The molecule has 1 unspecified atom stereocenters. The average Bonchev–Trinajstić information content (AvgIpc) is 3.04. The van der Waals surface area contributed by atoms with Crippen molar-refractivity contribution < 1.29 is 33.8 Å². The zero-order valence-electron chi connectivity index (χ0n) is 31.7. The van der Waals surface area contributed by atoms with E-state index in [4.69, 9.17) is 4.74 Å². The van der Waals surface area contributed by atoms with Gasteiger partial charge in [-0.3, -0.25) is 19.2 Å². The number of hydrogen-bond donors (Lipinski definition) is 5. The van der Waals surface area contributed by atoms with Crippen molar-refractivity contribution in [3.8, 4) is 0 Å². The summed E-state index contributed by atoms with van der Waals surface area (Å²) < 4.78 is 5.29. The van der Waals surface area contributed by atoms with Gasteiger partial charge in [-0.1, -0.05) is 77.3 Å². The first-order chi connectivity index (χ1) is 23.4. The van der Waals surface area contributed by atoms with Gasteiger partial charge in [-0.05, 0) is 77.7 Å². The Morgan fingerprint density at radius 2 is 1.64 bits per heavy atom. The highest BCUT2D eigenvalue weighted by molar-refractivity contribution is 5.91. The molecule has 1 fully saturated rings. The summed E-state index contributed by atoms with van der Waals surface area (Å²) in [4.78, 5) is 67.8. The maximum atomic E-state index is 13.8. The topological polar surface area (TPSA) is 166 Å². The molecule has 0 aromatic heterocycles. The summed E-state index contributed by atoms with van der Waals surface area (Å²) in [6.07, 6.45) is 2.32. The van der Waals surface area contributed by atoms with Gasteiger partial charge in [0.05, 0.1) is 12.1 Å². The molecule has 5 amide bonds. The summed E-state index contributed by atoms with van der Waals surface area (Å²) in [5, 5.41) is 23.0. The molecule has 1 aliphatic rings. The number of aliphatic hydroxyl groups excluding tert-OH is 1. The Kier molecular flexibility index (Phi) is 17.2. The Bertz CT molecular complexity index is 1250. The van der Waals surface area contributed by atoms with Crippen LogP contribution in [0.5, 0.6) is 0 Å². The Balaban J connectivity index is 2.15. The summed E-state index contributed by atoms with van der Waals surface area (Å²) in [7, 11) is 0. The van der Waals surface area contributed by atoms with Crippen molar-refractivity contribution in [2.45, 2.75) is 150 Å². The van der Waals surface area contributed by atoms with E-state index in [-0.39, 0.29) is 30.1 Å².